The van der Waals surface area contributed by atoms with Gasteiger partial charge in [0.25, 0.3) is 0 Å². The predicted molar refractivity (Wildman–Crippen MR) is 65.4 cm³/mol. The summed E-state index contributed by atoms with van der Waals surface area (Å²) in [5.74, 6) is 0. The maximum absolute atomic E-state index is 6.09. The largest absolute Gasteiger partial charge is 0.322 e. The molecule has 0 radical (unpaired) electrons. The smallest absolute Gasteiger partial charge is 0.0351 e. The van der Waals surface area contributed by atoms with E-state index >= 15 is 0 Å². The van der Waals surface area contributed by atoms with Crippen LogP contribution in [0.25, 0.3) is 5.57 Å². The minimum absolute atomic E-state index is 0.178. The average molecular weight is 199 g/mol. The summed E-state index contributed by atoms with van der Waals surface area (Å²) in [6, 6.07) is 10.5. The highest BCUT2D eigenvalue weighted by Crippen LogP contribution is 2.30. The molecule has 1 aromatic rings. The number of hydrogen-bond donors (Lipinski definition) is 1. The lowest BCUT2D eigenvalue weighted by atomic mass is 9.84. The molecule has 0 saturated heterocycles. The zero-order valence-corrected chi connectivity index (χ0v) is 9.33. The molecule has 2 rings (SSSR count). The summed E-state index contributed by atoms with van der Waals surface area (Å²) in [7, 11) is 0. The highest BCUT2D eigenvalue weighted by Gasteiger charge is 2.20. The molecule has 1 heteroatoms. The van der Waals surface area contributed by atoms with Crippen LogP contribution in [0.15, 0.2) is 48.1 Å². The molecule has 1 atom stereocenters. The number of allylic oxidation sites excluding steroid dienone is 2. The topological polar surface area (TPSA) is 26.0 Å². The molecule has 0 saturated carbocycles. The van der Waals surface area contributed by atoms with E-state index in [4.69, 9.17) is 5.73 Å². The Balaban J connectivity index is 2.37. The van der Waals surface area contributed by atoms with E-state index in [1.165, 1.54) is 16.7 Å². The molecule has 0 bridgehead atoms. The third-order valence-corrected chi connectivity index (χ3v) is 2.82. The molecule has 0 amide bonds. The first-order valence-corrected chi connectivity index (χ1v) is 5.32. The van der Waals surface area contributed by atoms with Crippen molar-refractivity contribution in [3.63, 3.8) is 0 Å². The molecule has 0 spiro atoms. The normalized spacial score (nSPS) is 25.8. The van der Waals surface area contributed by atoms with Crippen molar-refractivity contribution in [3.8, 4) is 0 Å². The molecule has 1 aliphatic carbocycles. The molecule has 0 aliphatic heterocycles. The van der Waals surface area contributed by atoms with Gasteiger partial charge in [0.1, 0.15) is 0 Å². The fourth-order valence-corrected chi connectivity index (χ4v) is 2.10. The zero-order valence-electron chi connectivity index (χ0n) is 9.33. The van der Waals surface area contributed by atoms with Gasteiger partial charge in [0, 0.05) is 5.54 Å². The molecule has 15 heavy (non-hydrogen) atoms. The Bertz CT molecular complexity index is 410. The van der Waals surface area contributed by atoms with Crippen molar-refractivity contribution >= 4 is 5.57 Å². The van der Waals surface area contributed by atoms with Crippen molar-refractivity contribution in [1.29, 1.82) is 0 Å². The van der Waals surface area contributed by atoms with Gasteiger partial charge in [-0.15, -0.1) is 0 Å². The second-order valence-corrected chi connectivity index (χ2v) is 4.58. The van der Waals surface area contributed by atoms with Gasteiger partial charge in [-0.25, -0.2) is 0 Å². The van der Waals surface area contributed by atoms with Crippen molar-refractivity contribution < 1.29 is 0 Å². The average Bonchev–Trinajstić information content (AvgIpc) is 2.17. The van der Waals surface area contributed by atoms with Crippen molar-refractivity contribution in [2.24, 2.45) is 5.73 Å². The van der Waals surface area contributed by atoms with Crippen LogP contribution in [0.1, 0.15) is 25.8 Å². The Labute approximate surface area is 91.3 Å². The molecule has 0 fully saturated rings. The monoisotopic (exact) mass is 199 g/mol. The summed E-state index contributed by atoms with van der Waals surface area (Å²) in [5, 5.41) is 0. The first kappa shape index (κ1) is 10.2. The van der Waals surface area contributed by atoms with E-state index in [1.807, 2.05) is 6.07 Å². The molecule has 1 nitrogen and oxygen atoms in total. The van der Waals surface area contributed by atoms with Gasteiger partial charge in [0.05, 0.1) is 0 Å². The molecule has 1 unspecified atom stereocenters. The minimum atomic E-state index is -0.178. The van der Waals surface area contributed by atoms with Crippen LogP contribution in [0.2, 0.25) is 0 Å². The van der Waals surface area contributed by atoms with Crippen LogP contribution in [0.3, 0.4) is 0 Å². The third kappa shape index (κ3) is 2.18. The molecule has 1 aliphatic rings. The molecule has 78 valence electrons. The fourth-order valence-electron chi connectivity index (χ4n) is 2.10. The molecular formula is C14H17N. The van der Waals surface area contributed by atoms with E-state index in [2.05, 4.69) is 50.3 Å². The Morgan fingerprint density at radius 1 is 1.20 bits per heavy atom. The molecule has 0 aromatic heterocycles. The SMILES string of the molecule is CC1=C(c2ccccc2)C=CC(C)(N)C1. The number of benzene rings is 1. The molecule has 2 N–H and O–H groups in total. The third-order valence-electron chi connectivity index (χ3n) is 2.82. The number of hydrogen-bond acceptors (Lipinski definition) is 1. The fraction of sp³-hybridized carbons (Fsp3) is 0.286. The summed E-state index contributed by atoms with van der Waals surface area (Å²) in [5.41, 5.74) is 9.88. The Morgan fingerprint density at radius 3 is 2.47 bits per heavy atom. The molecular weight excluding hydrogens is 182 g/mol. The van der Waals surface area contributed by atoms with Gasteiger partial charge < -0.3 is 5.73 Å². The van der Waals surface area contributed by atoms with E-state index in [1.54, 1.807) is 0 Å². The summed E-state index contributed by atoms with van der Waals surface area (Å²) < 4.78 is 0. The van der Waals surface area contributed by atoms with Gasteiger partial charge in [-0.05, 0) is 31.4 Å². The summed E-state index contributed by atoms with van der Waals surface area (Å²) in [4.78, 5) is 0. The second-order valence-electron chi connectivity index (χ2n) is 4.58. The summed E-state index contributed by atoms with van der Waals surface area (Å²) in [6.45, 7) is 4.23. The zero-order chi connectivity index (χ0) is 10.9. The van der Waals surface area contributed by atoms with Gasteiger partial charge in [0.2, 0.25) is 0 Å². The predicted octanol–water partition coefficient (Wildman–Crippen LogP) is 3.14. The van der Waals surface area contributed by atoms with Gasteiger partial charge in [-0.2, -0.15) is 0 Å². The standard InChI is InChI=1S/C14H17N/c1-11-10-14(2,15)9-8-13(11)12-6-4-3-5-7-12/h3-9H,10,15H2,1-2H3. The quantitative estimate of drug-likeness (QED) is 0.738. The maximum Gasteiger partial charge on any atom is 0.0351 e. The minimum Gasteiger partial charge on any atom is -0.322 e. The van der Waals surface area contributed by atoms with E-state index in [0.29, 0.717) is 0 Å². The lowest BCUT2D eigenvalue weighted by Crippen LogP contribution is -2.35. The van der Waals surface area contributed by atoms with E-state index < -0.39 is 0 Å². The van der Waals surface area contributed by atoms with Crippen LogP contribution in [-0.2, 0) is 0 Å². The highest BCUT2D eigenvalue weighted by molar-refractivity contribution is 5.78. The van der Waals surface area contributed by atoms with Crippen LogP contribution in [0, 0.1) is 0 Å². The number of rotatable bonds is 1. The van der Waals surface area contributed by atoms with Crippen LogP contribution in [-0.4, -0.2) is 5.54 Å². The van der Waals surface area contributed by atoms with Crippen LogP contribution >= 0.6 is 0 Å². The first-order valence-electron chi connectivity index (χ1n) is 5.32. The molecule has 1 aromatic carbocycles. The van der Waals surface area contributed by atoms with Crippen molar-refractivity contribution in [2.75, 3.05) is 0 Å². The van der Waals surface area contributed by atoms with E-state index in [9.17, 15) is 0 Å². The highest BCUT2D eigenvalue weighted by atomic mass is 14.7. The Kier molecular flexibility index (Phi) is 2.49. The van der Waals surface area contributed by atoms with Gasteiger partial charge in [-0.3, -0.25) is 0 Å². The van der Waals surface area contributed by atoms with Gasteiger partial charge in [0.15, 0.2) is 0 Å². The maximum atomic E-state index is 6.09. The second kappa shape index (κ2) is 3.67. The lowest BCUT2D eigenvalue weighted by Gasteiger charge is -2.26. The lowest BCUT2D eigenvalue weighted by molar-refractivity contribution is 0.574. The van der Waals surface area contributed by atoms with E-state index in [-0.39, 0.29) is 5.54 Å². The summed E-state index contributed by atoms with van der Waals surface area (Å²) in [6.07, 6.45) is 5.18. The Morgan fingerprint density at radius 2 is 1.87 bits per heavy atom. The van der Waals surface area contributed by atoms with Crippen molar-refractivity contribution in [2.45, 2.75) is 25.8 Å². The van der Waals surface area contributed by atoms with Crippen LogP contribution in [0.4, 0.5) is 0 Å². The summed E-state index contributed by atoms with van der Waals surface area (Å²) >= 11 is 0. The van der Waals surface area contributed by atoms with Crippen LogP contribution < -0.4 is 5.73 Å². The van der Waals surface area contributed by atoms with Gasteiger partial charge in [-0.1, -0.05) is 48.1 Å². The number of nitrogens with two attached hydrogens (primary N) is 1. The van der Waals surface area contributed by atoms with E-state index in [0.717, 1.165) is 6.42 Å². The van der Waals surface area contributed by atoms with Crippen LogP contribution in [0.5, 0.6) is 0 Å². The van der Waals surface area contributed by atoms with Crippen molar-refractivity contribution in [1.82, 2.24) is 0 Å². The molecule has 0 heterocycles. The Hall–Kier alpha value is -1.34. The van der Waals surface area contributed by atoms with Crippen molar-refractivity contribution in [3.05, 3.63) is 53.6 Å². The first-order chi connectivity index (χ1) is 7.08. The van der Waals surface area contributed by atoms with Gasteiger partial charge >= 0.3 is 0 Å².